The van der Waals surface area contributed by atoms with Crippen molar-refractivity contribution in [3.63, 3.8) is 0 Å². The molecule has 1 amide bonds. The minimum atomic E-state index is -0.247. The zero-order chi connectivity index (χ0) is 15.5. The van der Waals surface area contributed by atoms with Crippen molar-refractivity contribution in [3.8, 4) is 5.75 Å². The quantitative estimate of drug-likeness (QED) is 0.536. The average Bonchev–Trinajstić information content (AvgIpc) is 2.53. The summed E-state index contributed by atoms with van der Waals surface area (Å²) in [4.78, 5) is 18.4. The van der Waals surface area contributed by atoms with Gasteiger partial charge in [-0.25, -0.2) is 0 Å². The standard InChI is InChI=1S/C17H15N3O2/c1-2-9-20-14-10-12(18)6-7-15(14)22-16(17(20)21)11-13-5-3-4-8-19-13/h2-8,10-11H,1,9,18H2/b16-11+. The van der Waals surface area contributed by atoms with Crippen LogP contribution in [-0.2, 0) is 4.79 Å². The van der Waals surface area contributed by atoms with Gasteiger partial charge in [-0.2, -0.15) is 0 Å². The zero-order valence-electron chi connectivity index (χ0n) is 11.9. The molecule has 22 heavy (non-hydrogen) atoms. The van der Waals surface area contributed by atoms with E-state index in [1.807, 2.05) is 12.1 Å². The van der Waals surface area contributed by atoms with Gasteiger partial charge in [0.25, 0.3) is 5.91 Å². The van der Waals surface area contributed by atoms with Crippen LogP contribution in [0.4, 0.5) is 11.4 Å². The molecule has 0 atom stereocenters. The fourth-order valence-electron chi connectivity index (χ4n) is 2.23. The summed E-state index contributed by atoms with van der Waals surface area (Å²) in [6, 6.07) is 10.7. The predicted octanol–water partition coefficient (Wildman–Crippen LogP) is 2.62. The molecule has 3 rings (SSSR count). The fourth-order valence-corrected chi connectivity index (χ4v) is 2.23. The third-order valence-corrected chi connectivity index (χ3v) is 3.23. The summed E-state index contributed by atoms with van der Waals surface area (Å²) in [6.45, 7) is 4.07. The molecule has 2 heterocycles. The minimum absolute atomic E-state index is 0.220. The van der Waals surface area contributed by atoms with Crippen molar-refractivity contribution < 1.29 is 9.53 Å². The number of ether oxygens (including phenoxy) is 1. The molecule has 2 aromatic rings. The van der Waals surface area contributed by atoms with Crippen LogP contribution in [0.2, 0.25) is 0 Å². The number of hydrogen-bond donors (Lipinski definition) is 1. The summed E-state index contributed by atoms with van der Waals surface area (Å²) in [5.41, 5.74) is 7.67. The Labute approximate surface area is 128 Å². The second-order valence-corrected chi connectivity index (χ2v) is 4.80. The number of rotatable bonds is 3. The summed E-state index contributed by atoms with van der Waals surface area (Å²) in [6.07, 6.45) is 4.95. The van der Waals surface area contributed by atoms with Gasteiger partial charge in [0.15, 0.2) is 11.5 Å². The molecule has 0 bridgehead atoms. The van der Waals surface area contributed by atoms with Crippen LogP contribution in [0.1, 0.15) is 5.69 Å². The summed E-state index contributed by atoms with van der Waals surface area (Å²) in [5.74, 6) is 0.555. The molecular weight excluding hydrogens is 278 g/mol. The molecule has 1 aromatic carbocycles. The van der Waals surface area contributed by atoms with Crippen molar-refractivity contribution in [1.29, 1.82) is 0 Å². The van der Waals surface area contributed by atoms with Gasteiger partial charge in [0.05, 0.1) is 11.4 Å². The molecule has 0 aliphatic carbocycles. The number of anilines is 2. The zero-order valence-corrected chi connectivity index (χ0v) is 11.9. The van der Waals surface area contributed by atoms with Crippen molar-refractivity contribution in [2.24, 2.45) is 0 Å². The average molecular weight is 293 g/mol. The lowest BCUT2D eigenvalue weighted by Gasteiger charge is -2.29. The predicted molar refractivity (Wildman–Crippen MR) is 86.2 cm³/mol. The molecule has 1 aromatic heterocycles. The first-order valence-corrected chi connectivity index (χ1v) is 6.82. The Kier molecular flexibility index (Phi) is 3.62. The molecule has 0 radical (unpaired) electrons. The molecule has 0 unspecified atom stereocenters. The van der Waals surface area contributed by atoms with Crippen LogP contribution in [0, 0.1) is 0 Å². The number of hydrogen-bond acceptors (Lipinski definition) is 4. The Morgan fingerprint density at radius 3 is 2.91 bits per heavy atom. The second kappa shape index (κ2) is 5.73. The molecule has 1 aliphatic heterocycles. The monoisotopic (exact) mass is 293 g/mol. The number of amides is 1. The van der Waals surface area contributed by atoms with Crippen molar-refractivity contribution in [2.75, 3.05) is 17.2 Å². The number of carbonyl (C=O) groups excluding carboxylic acids is 1. The topological polar surface area (TPSA) is 68.5 Å². The van der Waals surface area contributed by atoms with Gasteiger partial charge in [-0.3, -0.25) is 14.7 Å². The molecule has 5 nitrogen and oxygen atoms in total. The van der Waals surface area contributed by atoms with Gasteiger partial charge in [0.1, 0.15) is 0 Å². The van der Waals surface area contributed by atoms with Crippen LogP contribution >= 0.6 is 0 Å². The number of carbonyl (C=O) groups is 1. The van der Waals surface area contributed by atoms with Gasteiger partial charge in [-0.15, -0.1) is 6.58 Å². The Bertz CT molecular complexity index is 754. The maximum absolute atomic E-state index is 12.6. The summed E-state index contributed by atoms with van der Waals surface area (Å²) in [7, 11) is 0. The molecule has 2 N–H and O–H groups in total. The SMILES string of the molecule is C=CCN1C(=O)/C(=C\c2ccccn2)Oc2ccc(N)cc21. The lowest BCUT2D eigenvalue weighted by atomic mass is 10.1. The maximum Gasteiger partial charge on any atom is 0.294 e. The first-order valence-electron chi connectivity index (χ1n) is 6.82. The van der Waals surface area contributed by atoms with E-state index in [0.717, 1.165) is 0 Å². The van der Waals surface area contributed by atoms with E-state index in [0.29, 0.717) is 29.4 Å². The number of aromatic nitrogens is 1. The van der Waals surface area contributed by atoms with Crippen molar-refractivity contribution in [3.05, 3.63) is 66.7 Å². The van der Waals surface area contributed by atoms with E-state index in [-0.39, 0.29) is 11.7 Å². The highest BCUT2D eigenvalue weighted by Gasteiger charge is 2.29. The molecule has 0 saturated carbocycles. The molecule has 0 spiro atoms. The highest BCUT2D eigenvalue weighted by Crippen LogP contribution is 2.37. The first kappa shape index (κ1) is 13.9. The van der Waals surface area contributed by atoms with Gasteiger partial charge in [-0.05, 0) is 30.3 Å². The van der Waals surface area contributed by atoms with Crippen LogP contribution in [0.3, 0.4) is 0 Å². The van der Waals surface area contributed by atoms with Gasteiger partial charge >= 0.3 is 0 Å². The van der Waals surface area contributed by atoms with Crippen LogP contribution < -0.4 is 15.4 Å². The van der Waals surface area contributed by atoms with E-state index in [1.165, 1.54) is 0 Å². The summed E-state index contributed by atoms with van der Waals surface area (Å²) in [5, 5.41) is 0. The first-order chi connectivity index (χ1) is 10.7. The van der Waals surface area contributed by atoms with Gasteiger partial charge in [0, 0.05) is 24.5 Å². The molecule has 5 heteroatoms. The van der Waals surface area contributed by atoms with Crippen LogP contribution in [0.15, 0.2) is 61.0 Å². The normalized spacial score (nSPS) is 15.4. The van der Waals surface area contributed by atoms with E-state index >= 15 is 0 Å². The number of fused-ring (bicyclic) bond motifs is 1. The molecule has 110 valence electrons. The molecule has 1 aliphatic rings. The molecule has 0 saturated heterocycles. The van der Waals surface area contributed by atoms with E-state index in [9.17, 15) is 4.79 Å². The van der Waals surface area contributed by atoms with Gasteiger partial charge in [0.2, 0.25) is 0 Å². The molecule has 0 fully saturated rings. The van der Waals surface area contributed by atoms with Crippen LogP contribution in [0.5, 0.6) is 5.75 Å². The summed E-state index contributed by atoms with van der Waals surface area (Å²) >= 11 is 0. The Balaban J connectivity index is 2.05. The van der Waals surface area contributed by atoms with Gasteiger partial charge < -0.3 is 10.5 Å². The number of nitrogens with zero attached hydrogens (tertiary/aromatic N) is 2. The largest absolute Gasteiger partial charge is 0.449 e. The third-order valence-electron chi connectivity index (χ3n) is 3.23. The van der Waals surface area contributed by atoms with E-state index < -0.39 is 0 Å². The highest BCUT2D eigenvalue weighted by atomic mass is 16.5. The fraction of sp³-hybridized carbons (Fsp3) is 0.0588. The smallest absolute Gasteiger partial charge is 0.294 e. The lowest BCUT2D eigenvalue weighted by molar-refractivity contribution is -0.117. The van der Waals surface area contributed by atoms with Crippen molar-refractivity contribution >= 4 is 23.4 Å². The van der Waals surface area contributed by atoms with E-state index in [1.54, 1.807) is 47.5 Å². The van der Waals surface area contributed by atoms with Crippen LogP contribution in [0.25, 0.3) is 6.08 Å². The number of benzene rings is 1. The molecular formula is C17H15N3O2. The Morgan fingerprint density at radius 1 is 1.32 bits per heavy atom. The lowest BCUT2D eigenvalue weighted by Crippen LogP contribution is -2.37. The number of pyridine rings is 1. The maximum atomic E-state index is 12.6. The summed E-state index contributed by atoms with van der Waals surface area (Å²) < 4.78 is 5.72. The van der Waals surface area contributed by atoms with E-state index in [2.05, 4.69) is 11.6 Å². The second-order valence-electron chi connectivity index (χ2n) is 4.80. The van der Waals surface area contributed by atoms with E-state index in [4.69, 9.17) is 10.5 Å². The number of nitrogens with two attached hydrogens (primary N) is 1. The number of nitrogen functional groups attached to an aromatic ring is 1. The van der Waals surface area contributed by atoms with Crippen molar-refractivity contribution in [1.82, 2.24) is 4.98 Å². The Hall–Kier alpha value is -3.08. The minimum Gasteiger partial charge on any atom is -0.449 e. The Morgan fingerprint density at radius 2 is 2.18 bits per heavy atom. The van der Waals surface area contributed by atoms with Crippen LogP contribution in [-0.4, -0.2) is 17.4 Å². The highest BCUT2D eigenvalue weighted by molar-refractivity contribution is 6.10. The van der Waals surface area contributed by atoms with Crippen molar-refractivity contribution in [2.45, 2.75) is 0 Å². The van der Waals surface area contributed by atoms with Gasteiger partial charge in [-0.1, -0.05) is 12.1 Å². The third kappa shape index (κ3) is 2.56.